The van der Waals surface area contributed by atoms with Gasteiger partial charge in [0.15, 0.2) is 0 Å². The first kappa shape index (κ1) is 20.6. The topological polar surface area (TPSA) is 63.7 Å². The second-order valence-electron chi connectivity index (χ2n) is 7.95. The minimum Gasteiger partial charge on any atom is -0.444 e. The number of likely N-dealkylation sites (tertiary alicyclic amines) is 1. The Morgan fingerprint density at radius 1 is 1.16 bits per heavy atom. The highest BCUT2D eigenvalue weighted by molar-refractivity contribution is 8.77. The van der Waals surface area contributed by atoms with Crippen LogP contribution in [0.2, 0.25) is 0 Å². The van der Waals surface area contributed by atoms with Crippen molar-refractivity contribution in [1.29, 1.82) is 0 Å². The minimum atomic E-state index is -0.508. The minimum absolute atomic E-state index is 0.108. The summed E-state index contributed by atoms with van der Waals surface area (Å²) < 4.78 is 4.95. The lowest BCUT2D eigenvalue weighted by Crippen LogP contribution is -2.47. The van der Waals surface area contributed by atoms with Crippen LogP contribution in [0.1, 0.15) is 59.3 Å². The molecule has 1 amide bonds. The van der Waals surface area contributed by atoms with E-state index in [2.05, 4.69) is 0 Å². The first-order valence-electron chi connectivity index (χ1n) is 9.03. The van der Waals surface area contributed by atoms with Gasteiger partial charge < -0.3 is 19.2 Å². The average Bonchev–Trinajstić information content (AvgIpc) is 2.59. The van der Waals surface area contributed by atoms with Crippen molar-refractivity contribution in [2.45, 2.75) is 74.9 Å². The van der Waals surface area contributed by atoms with Gasteiger partial charge in [0, 0.05) is 24.3 Å². The molecule has 25 heavy (non-hydrogen) atoms. The van der Waals surface area contributed by atoms with Gasteiger partial charge in [-0.25, -0.2) is 4.79 Å². The Morgan fingerprint density at radius 3 is 2.36 bits per heavy atom. The molecule has 0 aromatic rings. The largest absolute Gasteiger partial charge is 0.444 e. The fourth-order valence-corrected chi connectivity index (χ4v) is 6.76. The Kier molecular flexibility index (Phi) is 7.26. The summed E-state index contributed by atoms with van der Waals surface area (Å²) in [5, 5.41) is 0.303. The lowest BCUT2D eigenvalue weighted by Gasteiger charge is -2.39. The van der Waals surface area contributed by atoms with Gasteiger partial charge in [0.2, 0.25) is 0 Å². The quantitative estimate of drug-likeness (QED) is 0.523. The monoisotopic (exact) mass is 387 g/mol. The lowest BCUT2D eigenvalue weighted by molar-refractivity contribution is -0.112. The molecule has 142 valence electrons. The molecule has 2 fully saturated rings. The standard InChI is InChI=1S/C18H29NO4S2/c1-17(2,3)23-16(22)19-10-8-18(13-21,9-11-19)25-24-15-7-5-4-6-14(15)12-20/h12-15H,4-11H2,1-3H3. The molecule has 1 saturated heterocycles. The summed E-state index contributed by atoms with van der Waals surface area (Å²) in [6, 6.07) is 0. The van der Waals surface area contributed by atoms with Crippen molar-refractivity contribution >= 4 is 40.3 Å². The van der Waals surface area contributed by atoms with Gasteiger partial charge in [0.05, 0.1) is 4.75 Å². The molecule has 2 aliphatic rings. The highest BCUT2D eigenvalue weighted by Gasteiger charge is 2.39. The van der Waals surface area contributed by atoms with Crippen LogP contribution < -0.4 is 0 Å². The zero-order valence-electron chi connectivity index (χ0n) is 15.4. The maximum absolute atomic E-state index is 12.2. The fourth-order valence-electron chi connectivity index (χ4n) is 3.17. The summed E-state index contributed by atoms with van der Waals surface area (Å²) in [5.74, 6) is 0.108. The van der Waals surface area contributed by atoms with E-state index in [4.69, 9.17) is 4.74 Å². The molecule has 2 atom stereocenters. The molecular formula is C18H29NO4S2. The van der Waals surface area contributed by atoms with E-state index in [1.807, 2.05) is 20.8 Å². The predicted molar refractivity (Wildman–Crippen MR) is 103 cm³/mol. The molecule has 2 unspecified atom stereocenters. The van der Waals surface area contributed by atoms with Crippen LogP contribution in [0.4, 0.5) is 4.79 Å². The van der Waals surface area contributed by atoms with E-state index in [1.54, 1.807) is 26.5 Å². The van der Waals surface area contributed by atoms with Crippen LogP contribution in [0.25, 0.3) is 0 Å². The van der Waals surface area contributed by atoms with Gasteiger partial charge in [-0.1, -0.05) is 34.4 Å². The second kappa shape index (κ2) is 8.80. The summed E-state index contributed by atoms with van der Waals surface area (Å²) in [4.78, 5) is 36.9. The van der Waals surface area contributed by atoms with E-state index in [9.17, 15) is 14.4 Å². The van der Waals surface area contributed by atoms with Crippen LogP contribution in [-0.2, 0) is 14.3 Å². The van der Waals surface area contributed by atoms with Crippen LogP contribution in [0.5, 0.6) is 0 Å². The molecule has 1 heterocycles. The van der Waals surface area contributed by atoms with E-state index < -0.39 is 10.3 Å². The third-order valence-electron chi connectivity index (χ3n) is 4.74. The fraction of sp³-hybridized carbons (Fsp3) is 0.833. The predicted octanol–water partition coefficient (Wildman–Crippen LogP) is 4.09. The number of aldehydes is 2. The summed E-state index contributed by atoms with van der Waals surface area (Å²) in [6.45, 7) is 6.62. The number of rotatable bonds is 5. The van der Waals surface area contributed by atoms with Gasteiger partial charge in [0.1, 0.15) is 18.2 Å². The Morgan fingerprint density at radius 2 is 1.80 bits per heavy atom. The average molecular weight is 388 g/mol. The highest BCUT2D eigenvalue weighted by atomic mass is 33.1. The number of carbonyl (C=O) groups is 3. The van der Waals surface area contributed by atoms with E-state index in [-0.39, 0.29) is 12.0 Å². The van der Waals surface area contributed by atoms with Crippen LogP contribution in [-0.4, -0.2) is 52.3 Å². The number of nitrogens with zero attached hydrogens (tertiary/aromatic N) is 1. The van der Waals surface area contributed by atoms with Gasteiger partial charge in [-0.05, 0) is 46.5 Å². The summed E-state index contributed by atoms with van der Waals surface area (Å²) >= 11 is 0. The van der Waals surface area contributed by atoms with Crippen molar-refractivity contribution in [2.24, 2.45) is 5.92 Å². The molecule has 2 rings (SSSR count). The first-order valence-corrected chi connectivity index (χ1v) is 11.2. The van der Waals surface area contributed by atoms with Crippen LogP contribution >= 0.6 is 21.6 Å². The van der Waals surface area contributed by atoms with E-state index in [0.717, 1.165) is 38.3 Å². The third kappa shape index (κ3) is 5.91. The lowest BCUT2D eigenvalue weighted by atomic mass is 9.90. The number of amides is 1. The second-order valence-corrected chi connectivity index (χ2v) is 10.8. The number of carbonyl (C=O) groups excluding carboxylic acids is 3. The van der Waals surface area contributed by atoms with Crippen molar-refractivity contribution in [2.75, 3.05) is 13.1 Å². The highest BCUT2D eigenvalue weighted by Crippen LogP contribution is 2.47. The Hall–Kier alpha value is -0.690. The summed E-state index contributed by atoms with van der Waals surface area (Å²) in [6.07, 6.45) is 7.35. The Labute approximate surface area is 158 Å². The van der Waals surface area contributed by atoms with Gasteiger partial charge in [-0.3, -0.25) is 0 Å². The molecule has 0 bridgehead atoms. The van der Waals surface area contributed by atoms with E-state index in [0.29, 0.717) is 31.2 Å². The molecule has 1 saturated carbocycles. The third-order valence-corrected chi connectivity index (χ3v) is 8.53. The molecule has 7 heteroatoms. The summed E-state index contributed by atoms with van der Waals surface area (Å²) in [5.41, 5.74) is -0.508. The SMILES string of the molecule is CC(C)(C)OC(=O)N1CCC(C=O)(SSC2CCCCC2C=O)CC1. The number of ether oxygens (including phenoxy) is 1. The zero-order valence-corrected chi connectivity index (χ0v) is 17.0. The summed E-state index contributed by atoms with van der Waals surface area (Å²) in [7, 11) is 3.31. The Bertz CT molecular complexity index is 484. The molecule has 0 radical (unpaired) electrons. The van der Waals surface area contributed by atoms with Crippen LogP contribution in [0, 0.1) is 5.92 Å². The van der Waals surface area contributed by atoms with Crippen molar-refractivity contribution in [3.05, 3.63) is 0 Å². The van der Waals surface area contributed by atoms with Gasteiger partial charge in [0.25, 0.3) is 0 Å². The van der Waals surface area contributed by atoms with Crippen LogP contribution in [0.3, 0.4) is 0 Å². The Balaban J connectivity index is 1.87. The molecule has 0 aromatic heterocycles. The van der Waals surface area contributed by atoms with E-state index in [1.165, 1.54) is 0 Å². The van der Waals surface area contributed by atoms with Crippen LogP contribution in [0.15, 0.2) is 0 Å². The van der Waals surface area contributed by atoms with Crippen molar-refractivity contribution in [1.82, 2.24) is 4.90 Å². The first-order chi connectivity index (χ1) is 11.8. The molecule has 1 aliphatic heterocycles. The molecule has 1 aliphatic carbocycles. The van der Waals surface area contributed by atoms with Gasteiger partial charge in [-0.15, -0.1) is 0 Å². The van der Waals surface area contributed by atoms with Gasteiger partial charge in [-0.2, -0.15) is 0 Å². The normalized spacial score (nSPS) is 26.8. The molecule has 0 spiro atoms. The van der Waals surface area contributed by atoms with Gasteiger partial charge >= 0.3 is 6.09 Å². The van der Waals surface area contributed by atoms with E-state index >= 15 is 0 Å². The number of hydrogen-bond acceptors (Lipinski definition) is 6. The van der Waals surface area contributed by atoms with Crippen molar-refractivity contribution in [3.8, 4) is 0 Å². The van der Waals surface area contributed by atoms with Crippen molar-refractivity contribution < 1.29 is 19.1 Å². The maximum Gasteiger partial charge on any atom is 0.410 e. The number of piperidine rings is 1. The molecule has 0 N–H and O–H groups in total. The molecule has 5 nitrogen and oxygen atoms in total. The zero-order chi connectivity index (χ0) is 18.5. The molecular weight excluding hydrogens is 358 g/mol. The number of hydrogen-bond donors (Lipinski definition) is 0. The maximum atomic E-state index is 12.2. The smallest absolute Gasteiger partial charge is 0.410 e. The molecule has 0 aromatic carbocycles. The van der Waals surface area contributed by atoms with Crippen molar-refractivity contribution in [3.63, 3.8) is 0 Å².